The summed E-state index contributed by atoms with van der Waals surface area (Å²) >= 11 is 0. The van der Waals surface area contributed by atoms with Crippen molar-refractivity contribution in [3.63, 3.8) is 0 Å². The molecule has 2 aromatic rings. The van der Waals surface area contributed by atoms with E-state index in [4.69, 9.17) is 9.47 Å². The van der Waals surface area contributed by atoms with E-state index in [1.807, 2.05) is 0 Å². The summed E-state index contributed by atoms with van der Waals surface area (Å²) in [5.41, 5.74) is -6.02. The van der Waals surface area contributed by atoms with Gasteiger partial charge in [-0.1, -0.05) is 12.1 Å². The van der Waals surface area contributed by atoms with Crippen LogP contribution in [-0.4, -0.2) is 12.4 Å². The van der Waals surface area contributed by atoms with Crippen molar-refractivity contribution in [1.82, 2.24) is 0 Å². The Bertz CT molecular complexity index is 752. The van der Waals surface area contributed by atoms with Gasteiger partial charge in [0.15, 0.2) is 23.0 Å². The first-order chi connectivity index (χ1) is 10.6. The van der Waals surface area contributed by atoms with Crippen LogP contribution in [0.2, 0.25) is 0 Å². The van der Waals surface area contributed by atoms with Gasteiger partial charge in [0.05, 0.1) is 0 Å². The van der Waals surface area contributed by atoms with Gasteiger partial charge in [0, 0.05) is 0 Å². The van der Waals surface area contributed by atoms with Crippen LogP contribution in [0.1, 0.15) is 11.1 Å². The summed E-state index contributed by atoms with van der Waals surface area (Å²) in [6, 6.07) is 5.34. The van der Waals surface area contributed by atoms with Gasteiger partial charge in [0.2, 0.25) is 5.41 Å². The lowest BCUT2D eigenvalue weighted by atomic mass is 9.73. The van der Waals surface area contributed by atoms with Crippen LogP contribution in [0.15, 0.2) is 36.4 Å². The summed E-state index contributed by atoms with van der Waals surface area (Å²) in [4.78, 5) is 0. The van der Waals surface area contributed by atoms with Crippen LogP contribution in [0.5, 0.6) is 23.0 Å². The second kappa shape index (κ2) is 3.93. The highest BCUT2D eigenvalue weighted by Gasteiger charge is 2.73. The molecule has 23 heavy (non-hydrogen) atoms. The molecule has 2 nitrogen and oxygen atoms in total. The molecule has 4 rings (SSSR count). The number of fused-ring (bicyclic) bond motifs is 2. The van der Waals surface area contributed by atoms with E-state index in [1.54, 1.807) is 0 Å². The first kappa shape index (κ1) is 14.2. The molecular formula is C15H6F6O2. The fraction of sp³-hybridized carbons (Fsp3) is 0.200. The van der Waals surface area contributed by atoms with Crippen LogP contribution < -0.4 is 9.47 Å². The number of rotatable bonds is 2. The summed E-state index contributed by atoms with van der Waals surface area (Å²) in [6.45, 7) is 0. The van der Waals surface area contributed by atoms with Gasteiger partial charge in [-0.15, -0.1) is 0 Å². The van der Waals surface area contributed by atoms with Crippen molar-refractivity contribution in [3.05, 3.63) is 47.5 Å². The van der Waals surface area contributed by atoms with Crippen molar-refractivity contribution in [2.45, 2.75) is 17.8 Å². The number of ether oxygens (including phenoxy) is 2. The zero-order valence-corrected chi connectivity index (χ0v) is 11.0. The lowest BCUT2D eigenvalue weighted by Gasteiger charge is -2.37. The van der Waals surface area contributed by atoms with E-state index >= 15 is 0 Å². The molecule has 0 N–H and O–H groups in total. The van der Waals surface area contributed by atoms with Gasteiger partial charge in [-0.2, -0.15) is 26.3 Å². The van der Waals surface area contributed by atoms with Gasteiger partial charge < -0.3 is 9.47 Å². The number of hydrogen-bond acceptors (Lipinski definition) is 2. The Balaban J connectivity index is 2.03. The molecule has 0 saturated heterocycles. The van der Waals surface area contributed by atoms with Gasteiger partial charge >= 0.3 is 12.4 Å². The quantitative estimate of drug-likeness (QED) is 0.367. The molecule has 0 unspecified atom stereocenters. The van der Waals surface area contributed by atoms with Crippen LogP contribution in [0.25, 0.3) is 0 Å². The summed E-state index contributed by atoms with van der Waals surface area (Å²) in [5.74, 6) is 0.582. The maximum atomic E-state index is 13.7. The molecule has 2 heterocycles. The fourth-order valence-electron chi connectivity index (χ4n) is 2.78. The second-order valence-corrected chi connectivity index (χ2v) is 5.27. The summed E-state index contributed by atoms with van der Waals surface area (Å²) in [5, 5.41) is 0. The minimum atomic E-state index is -5.60. The summed E-state index contributed by atoms with van der Waals surface area (Å²) < 4.78 is 92.0. The van der Waals surface area contributed by atoms with E-state index in [2.05, 4.69) is 0 Å². The highest BCUT2D eigenvalue weighted by molar-refractivity contribution is 5.62. The Labute approximate surface area is 125 Å². The van der Waals surface area contributed by atoms with Crippen LogP contribution in [0.4, 0.5) is 26.3 Å². The largest absolute Gasteiger partial charge is 0.450 e. The van der Waals surface area contributed by atoms with Crippen molar-refractivity contribution in [2.24, 2.45) is 0 Å². The van der Waals surface area contributed by atoms with Gasteiger partial charge in [0.1, 0.15) is 0 Å². The van der Waals surface area contributed by atoms with Crippen molar-refractivity contribution in [3.8, 4) is 23.0 Å². The Morgan fingerprint density at radius 3 is 1.26 bits per heavy atom. The maximum absolute atomic E-state index is 13.7. The standard InChI is InChI=1S/C15H6F6O2/c16-14(17,18)13(15(19,20)21,7-1-3-9-11(5-7)22-9)8-2-4-10-12(6-8)23-10/h1-6H. The molecule has 120 valence electrons. The van der Waals surface area contributed by atoms with Gasteiger partial charge in [0.25, 0.3) is 0 Å². The minimum Gasteiger partial charge on any atom is -0.450 e. The Kier molecular flexibility index (Phi) is 2.43. The molecule has 8 heteroatoms. The lowest BCUT2D eigenvalue weighted by molar-refractivity contribution is -0.288. The van der Waals surface area contributed by atoms with Gasteiger partial charge in [-0.3, -0.25) is 0 Å². The van der Waals surface area contributed by atoms with E-state index in [0.29, 0.717) is 0 Å². The number of hydrogen-bond donors (Lipinski definition) is 0. The highest BCUT2D eigenvalue weighted by Crippen LogP contribution is 2.60. The van der Waals surface area contributed by atoms with Crippen molar-refractivity contribution in [2.75, 3.05) is 0 Å². The molecule has 0 bridgehead atoms. The lowest BCUT2D eigenvalue weighted by Crippen LogP contribution is -2.54. The molecule has 0 atom stereocenters. The average molecular weight is 332 g/mol. The fourth-order valence-corrected chi connectivity index (χ4v) is 2.78. The van der Waals surface area contributed by atoms with Crippen LogP contribution in [0.3, 0.4) is 0 Å². The SMILES string of the molecule is FC(F)(F)C(c1ccc2c(c1)O2)(c1ccc2c(c1)O2)C(F)(F)F. The Hall–Kier alpha value is -2.38. The Morgan fingerprint density at radius 1 is 0.565 bits per heavy atom. The minimum absolute atomic E-state index is 0.0170. The van der Waals surface area contributed by atoms with E-state index in [1.165, 1.54) is 0 Å². The molecule has 0 radical (unpaired) electrons. The molecule has 2 aromatic carbocycles. The molecule has 0 spiro atoms. The number of benzene rings is 2. The first-order valence-electron chi connectivity index (χ1n) is 6.43. The van der Waals surface area contributed by atoms with E-state index in [9.17, 15) is 26.3 Å². The molecule has 2 aliphatic rings. The van der Waals surface area contributed by atoms with Crippen molar-refractivity contribution in [1.29, 1.82) is 0 Å². The van der Waals surface area contributed by atoms with Crippen molar-refractivity contribution < 1.29 is 35.8 Å². The predicted octanol–water partition coefficient (Wildman–Crippen LogP) is 5.31. The maximum Gasteiger partial charge on any atom is 0.411 e. The Morgan fingerprint density at radius 2 is 0.957 bits per heavy atom. The zero-order valence-electron chi connectivity index (χ0n) is 11.0. The second-order valence-electron chi connectivity index (χ2n) is 5.27. The topological polar surface area (TPSA) is 25.1 Å². The molecule has 0 amide bonds. The molecule has 0 aromatic heterocycles. The number of alkyl halides is 6. The predicted molar refractivity (Wildman–Crippen MR) is 65.9 cm³/mol. The summed E-state index contributed by atoms with van der Waals surface area (Å²) in [7, 11) is 0. The molecule has 2 aliphatic heterocycles. The van der Waals surface area contributed by atoms with E-state index in [0.717, 1.165) is 36.4 Å². The van der Waals surface area contributed by atoms with E-state index in [-0.39, 0.29) is 23.0 Å². The van der Waals surface area contributed by atoms with Crippen LogP contribution in [0, 0.1) is 0 Å². The summed E-state index contributed by atoms with van der Waals surface area (Å²) in [6.07, 6.45) is -11.2. The van der Waals surface area contributed by atoms with Crippen LogP contribution >= 0.6 is 0 Å². The monoisotopic (exact) mass is 332 g/mol. The van der Waals surface area contributed by atoms with Crippen molar-refractivity contribution >= 4 is 0 Å². The smallest absolute Gasteiger partial charge is 0.411 e. The molecular weight excluding hydrogens is 326 g/mol. The highest BCUT2D eigenvalue weighted by atomic mass is 19.4. The molecule has 0 aliphatic carbocycles. The van der Waals surface area contributed by atoms with E-state index < -0.39 is 28.9 Å². The van der Waals surface area contributed by atoms with Gasteiger partial charge in [-0.25, -0.2) is 0 Å². The normalized spacial score (nSPS) is 15.2. The van der Waals surface area contributed by atoms with Gasteiger partial charge in [-0.05, 0) is 35.4 Å². The third kappa shape index (κ3) is 1.83. The number of halogens is 6. The molecule has 0 fully saturated rings. The third-order valence-corrected chi connectivity index (χ3v) is 3.96. The van der Waals surface area contributed by atoms with Crippen LogP contribution in [-0.2, 0) is 5.41 Å². The first-order valence-corrected chi connectivity index (χ1v) is 6.43. The molecule has 0 saturated carbocycles. The third-order valence-electron chi connectivity index (χ3n) is 3.96. The zero-order chi connectivity index (χ0) is 16.6. The average Bonchev–Trinajstić information content (AvgIpc) is 3.29.